The van der Waals surface area contributed by atoms with Gasteiger partial charge in [-0.15, -0.1) is 11.3 Å². The Balaban J connectivity index is 1.55. The molecule has 2 fully saturated rings. The summed E-state index contributed by atoms with van der Waals surface area (Å²) in [5.41, 5.74) is 0. The topological polar surface area (TPSA) is 59.0 Å². The highest BCUT2D eigenvalue weighted by molar-refractivity contribution is 7.11. The Morgan fingerprint density at radius 2 is 2.32 bits per heavy atom. The fourth-order valence-corrected chi connectivity index (χ4v) is 3.69. The summed E-state index contributed by atoms with van der Waals surface area (Å²) in [4.78, 5) is 12.3. The molecule has 22 heavy (non-hydrogen) atoms. The Labute approximate surface area is 135 Å². The second-order valence-corrected chi connectivity index (χ2v) is 6.99. The largest absolute Gasteiger partial charge is 0.375 e. The standard InChI is InChI=1S/C15H24N4O2S/c1-11-8-17-14(22-11)9-18-15(16-2)19-5-7-21-13(10-19)12-4-3-6-20-12/h8,12-13H,3-7,9-10H2,1-2H3,(H,16,18). The molecule has 2 aliphatic rings. The van der Waals surface area contributed by atoms with E-state index in [9.17, 15) is 0 Å². The van der Waals surface area contributed by atoms with Crippen LogP contribution in [-0.4, -0.2) is 61.4 Å². The van der Waals surface area contributed by atoms with Gasteiger partial charge in [0.25, 0.3) is 0 Å². The number of aliphatic imine (C=N–C) groups is 1. The molecule has 0 spiro atoms. The molecule has 0 amide bonds. The third-order valence-electron chi connectivity index (χ3n) is 4.05. The molecule has 0 aliphatic carbocycles. The third-order valence-corrected chi connectivity index (χ3v) is 4.96. The maximum absolute atomic E-state index is 5.89. The predicted octanol–water partition coefficient (Wildman–Crippen LogP) is 1.41. The second-order valence-electron chi connectivity index (χ2n) is 5.67. The molecule has 1 aromatic heterocycles. The van der Waals surface area contributed by atoms with Crippen molar-refractivity contribution >= 4 is 17.3 Å². The zero-order chi connectivity index (χ0) is 15.4. The molecule has 0 radical (unpaired) electrons. The predicted molar refractivity (Wildman–Crippen MR) is 87.3 cm³/mol. The van der Waals surface area contributed by atoms with Crippen LogP contribution in [0.4, 0.5) is 0 Å². The van der Waals surface area contributed by atoms with Crippen molar-refractivity contribution in [2.24, 2.45) is 4.99 Å². The fraction of sp³-hybridized carbons (Fsp3) is 0.733. The van der Waals surface area contributed by atoms with Gasteiger partial charge >= 0.3 is 0 Å². The van der Waals surface area contributed by atoms with Crippen molar-refractivity contribution in [3.05, 3.63) is 16.1 Å². The van der Waals surface area contributed by atoms with Crippen LogP contribution in [0.15, 0.2) is 11.2 Å². The molecular weight excluding hydrogens is 300 g/mol. The van der Waals surface area contributed by atoms with E-state index in [0.29, 0.717) is 6.54 Å². The van der Waals surface area contributed by atoms with Crippen molar-refractivity contribution in [1.82, 2.24) is 15.2 Å². The van der Waals surface area contributed by atoms with E-state index >= 15 is 0 Å². The monoisotopic (exact) mass is 324 g/mol. The van der Waals surface area contributed by atoms with Crippen LogP contribution in [0, 0.1) is 6.92 Å². The lowest BCUT2D eigenvalue weighted by Crippen LogP contribution is -2.53. The quantitative estimate of drug-likeness (QED) is 0.673. The Morgan fingerprint density at radius 1 is 1.45 bits per heavy atom. The van der Waals surface area contributed by atoms with Gasteiger partial charge in [-0.25, -0.2) is 4.98 Å². The van der Waals surface area contributed by atoms with Gasteiger partial charge in [-0.05, 0) is 19.8 Å². The van der Waals surface area contributed by atoms with E-state index in [1.807, 2.05) is 13.2 Å². The number of nitrogens with one attached hydrogen (secondary N) is 1. The first-order valence-corrected chi connectivity index (χ1v) is 8.68. The average Bonchev–Trinajstić information content (AvgIpc) is 3.20. The third kappa shape index (κ3) is 3.77. The van der Waals surface area contributed by atoms with Crippen LogP contribution < -0.4 is 5.32 Å². The van der Waals surface area contributed by atoms with Gasteiger partial charge in [-0.1, -0.05) is 0 Å². The molecule has 2 aliphatic heterocycles. The van der Waals surface area contributed by atoms with Gasteiger partial charge in [0.05, 0.1) is 19.3 Å². The maximum Gasteiger partial charge on any atom is 0.194 e. The Hall–Kier alpha value is -1.18. The molecule has 0 saturated carbocycles. The van der Waals surface area contributed by atoms with Crippen molar-refractivity contribution < 1.29 is 9.47 Å². The zero-order valence-corrected chi connectivity index (χ0v) is 14.1. The van der Waals surface area contributed by atoms with Crippen LogP contribution in [-0.2, 0) is 16.0 Å². The van der Waals surface area contributed by atoms with Gasteiger partial charge in [-0.3, -0.25) is 4.99 Å². The highest BCUT2D eigenvalue weighted by Gasteiger charge is 2.32. The average molecular weight is 324 g/mol. The number of hydrogen-bond acceptors (Lipinski definition) is 5. The van der Waals surface area contributed by atoms with Crippen LogP contribution in [0.1, 0.15) is 22.7 Å². The molecule has 0 aromatic carbocycles. The number of hydrogen-bond donors (Lipinski definition) is 1. The van der Waals surface area contributed by atoms with Gasteiger partial charge in [0.1, 0.15) is 11.1 Å². The number of guanidine groups is 1. The summed E-state index contributed by atoms with van der Waals surface area (Å²) >= 11 is 1.72. The molecule has 3 rings (SSSR count). The number of aromatic nitrogens is 1. The SMILES string of the molecule is CN=C(NCc1ncc(C)s1)N1CCOC(C2CCCO2)C1. The summed E-state index contributed by atoms with van der Waals surface area (Å²) in [5, 5.41) is 4.49. The molecule has 3 heterocycles. The van der Waals surface area contributed by atoms with Gasteiger partial charge < -0.3 is 19.7 Å². The summed E-state index contributed by atoms with van der Waals surface area (Å²) in [6.45, 7) is 6.07. The highest BCUT2D eigenvalue weighted by Crippen LogP contribution is 2.21. The molecule has 2 saturated heterocycles. The summed E-state index contributed by atoms with van der Waals surface area (Å²) < 4.78 is 11.7. The molecule has 2 atom stereocenters. The van der Waals surface area contributed by atoms with Crippen molar-refractivity contribution in [3.63, 3.8) is 0 Å². The van der Waals surface area contributed by atoms with Crippen LogP contribution in [0.25, 0.3) is 0 Å². The number of aryl methyl sites for hydroxylation is 1. The molecule has 7 heteroatoms. The van der Waals surface area contributed by atoms with Crippen molar-refractivity contribution in [3.8, 4) is 0 Å². The van der Waals surface area contributed by atoms with E-state index in [1.165, 1.54) is 4.88 Å². The first-order valence-electron chi connectivity index (χ1n) is 7.86. The van der Waals surface area contributed by atoms with E-state index in [4.69, 9.17) is 9.47 Å². The van der Waals surface area contributed by atoms with Gasteiger partial charge in [0.15, 0.2) is 5.96 Å². The lowest BCUT2D eigenvalue weighted by molar-refractivity contribution is -0.0817. The molecule has 2 unspecified atom stereocenters. The van der Waals surface area contributed by atoms with Gasteiger partial charge in [-0.2, -0.15) is 0 Å². The fourth-order valence-electron chi connectivity index (χ4n) is 2.96. The molecule has 1 N–H and O–H groups in total. The molecule has 122 valence electrons. The lowest BCUT2D eigenvalue weighted by Gasteiger charge is -2.37. The molecule has 0 bridgehead atoms. The van der Waals surface area contributed by atoms with E-state index in [2.05, 4.69) is 27.1 Å². The van der Waals surface area contributed by atoms with Crippen molar-refractivity contribution in [1.29, 1.82) is 0 Å². The van der Waals surface area contributed by atoms with Gasteiger partial charge in [0.2, 0.25) is 0 Å². The van der Waals surface area contributed by atoms with Crippen LogP contribution in [0.2, 0.25) is 0 Å². The van der Waals surface area contributed by atoms with Crippen molar-refractivity contribution in [2.75, 3.05) is 33.4 Å². The molecule has 1 aromatic rings. The van der Waals surface area contributed by atoms with Gasteiger partial charge in [0, 0.05) is 37.8 Å². The first-order chi connectivity index (χ1) is 10.8. The number of morpholine rings is 1. The Kier molecular flexibility index (Phi) is 5.28. The zero-order valence-electron chi connectivity index (χ0n) is 13.2. The Bertz CT molecular complexity index is 513. The number of rotatable bonds is 3. The molecular formula is C15H24N4O2S. The van der Waals surface area contributed by atoms with E-state index < -0.39 is 0 Å². The minimum atomic E-state index is 0.150. The summed E-state index contributed by atoms with van der Waals surface area (Å²) in [6.07, 6.45) is 4.54. The summed E-state index contributed by atoms with van der Waals surface area (Å²) in [7, 11) is 1.83. The van der Waals surface area contributed by atoms with E-state index in [-0.39, 0.29) is 12.2 Å². The van der Waals surface area contributed by atoms with E-state index in [1.54, 1.807) is 11.3 Å². The van der Waals surface area contributed by atoms with Crippen LogP contribution in [0.5, 0.6) is 0 Å². The van der Waals surface area contributed by atoms with Crippen LogP contribution in [0.3, 0.4) is 0 Å². The van der Waals surface area contributed by atoms with Crippen molar-refractivity contribution in [2.45, 2.75) is 38.5 Å². The minimum absolute atomic E-state index is 0.150. The first kappa shape index (κ1) is 15.7. The number of nitrogens with zero attached hydrogens (tertiary/aromatic N) is 3. The lowest BCUT2D eigenvalue weighted by atomic mass is 10.1. The normalized spacial score (nSPS) is 26.5. The second kappa shape index (κ2) is 7.39. The number of thiazole rings is 1. The summed E-state index contributed by atoms with van der Waals surface area (Å²) in [6, 6.07) is 0. The summed E-state index contributed by atoms with van der Waals surface area (Å²) in [5.74, 6) is 0.916. The smallest absolute Gasteiger partial charge is 0.194 e. The van der Waals surface area contributed by atoms with Crippen LogP contribution >= 0.6 is 11.3 Å². The van der Waals surface area contributed by atoms with E-state index in [0.717, 1.165) is 50.1 Å². The Morgan fingerprint density at radius 3 is 3.00 bits per heavy atom. The minimum Gasteiger partial charge on any atom is -0.375 e. The highest BCUT2D eigenvalue weighted by atomic mass is 32.1. The maximum atomic E-state index is 5.89. The number of ether oxygens (including phenoxy) is 2. The molecule has 6 nitrogen and oxygen atoms in total.